The quantitative estimate of drug-likeness (QED) is 0.608. The van der Waals surface area contributed by atoms with Crippen LogP contribution in [0.4, 0.5) is 0 Å². The Morgan fingerprint density at radius 1 is 1.70 bits per heavy atom. The number of carbonyl (C=O) groups is 2. The van der Waals surface area contributed by atoms with Crippen molar-refractivity contribution >= 4 is 11.8 Å². The molecule has 0 saturated heterocycles. The van der Waals surface area contributed by atoms with Gasteiger partial charge in [-0.05, 0) is 6.92 Å². The lowest BCUT2D eigenvalue weighted by molar-refractivity contribution is -0.141. The first-order valence-corrected chi connectivity index (χ1v) is 2.69. The molecule has 0 aliphatic heterocycles. The van der Waals surface area contributed by atoms with E-state index < -0.39 is 11.9 Å². The number of aliphatic carboxylic acids is 1. The predicted octanol–water partition coefficient (Wildman–Crippen LogP) is 0.190. The minimum atomic E-state index is -1.24. The monoisotopic (exact) mass is 141 g/mol. The normalized spacial score (nSPS) is 11.6. The summed E-state index contributed by atoms with van der Waals surface area (Å²) in [7, 11) is 0. The second kappa shape index (κ2) is 3.62. The van der Waals surface area contributed by atoms with Crippen LogP contribution >= 0.6 is 0 Å². The van der Waals surface area contributed by atoms with E-state index in [0.717, 1.165) is 0 Å². The van der Waals surface area contributed by atoms with Gasteiger partial charge in [-0.15, -0.1) is 0 Å². The van der Waals surface area contributed by atoms with Crippen LogP contribution in [0.2, 0.25) is 0 Å². The van der Waals surface area contributed by atoms with Crippen LogP contribution in [0.25, 0.3) is 0 Å². The van der Waals surface area contributed by atoms with Gasteiger partial charge in [0.15, 0.2) is 5.92 Å². The van der Waals surface area contributed by atoms with Crippen molar-refractivity contribution in [1.82, 2.24) is 0 Å². The molecule has 4 heteroatoms. The number of ketones is 1. The second-order valence-corrected chi connectivity index (χ2v) is 1.93. The lowest BCUT2D eigenvalue weighted by Gasteiger charge is -1.96. The first-order chi connectivity index (χ1) is 4.57. The highest BCUT2D eigenvalue weighted by Gasteiger charge is 2.17. The molecule has 0 aromatic carbocycles. The molecule has 0 saturated carbocycles. The molecule has 0 rings (SSSR count). The van der Waals surface area contributed by atoms with Crippen molar-refractivity contribution in [2.75, 3.05) is 0 Å². The van der Waals surface area contributed by atoms with E-state index in [1.165, 1.54) is 13.0 Å². The Hall–Kier alpha value is -1.37. The van der Waals surface area contributed by atoms with Crippen molar-refractivity contribution in [3.05, 3.63) is 0 Å². The van der Waals surface area contributed by atoms with Crippen molar-refractivity contribution in [1.29, 1.82) is 5.26 Å². The number of rotatable bonds is 3. The van der Waals surface area contributed by atoms with Gasteiger partial charge in [0, 0.05) is 6.42 Å². The average molecular weight is 141 g/mol. The Kier molecular flexibility index (Phi) is 3.12. The zero-order chi connectivity index (χ0) is 8.15. The highest BCUT2D eigenvalue weighted by Crippen LogP contribution is 2.01. The first kappa shape index (κ1) is 8.63. The third-order valence-corrected chi connectivity index (χ3v) is 0.946. The molecule has 0 amide bonds. The maximum Gasteiger partial charge on any atom is 0.321 e. The van der Waals surface area contributed by atoms with Crippen LogP contribution < -0.4 is 0 Å². The number of carboxylic acids is 1. The number of carbonyl (C=O) groups excluding carboxylic acids is 1. The Morgan fingerprint density at radius 2 is 2.20 bits per heavy atom. The van der Waals surface area contributed by atoms with Crippen LogP contribution in [-0.4, -0.2) is 16.9 Å². The Balaban J connectivity index is 4.00. The van der Waals surface area contributed by atoms with E-state index in [-0.39, 0.29) is 12.2 Å². The molecule has 0 heterocycles. The van der Waals surface area contributed by atoms with Gasteiger partial charge in [0.25, 0.3) is 0 Å². The van der Waals surface area contributed by atoms with Crippen LogP contribution in [0.15, 0.2) is 0 Å². The molecule has 0 aliphatic carbocycles. The van der Waals surface area contributed by atoms with Gasteiger partial charge in [-0.25, -0.2) is 0 Å². The van der Waals surface area contributed by atoms with E-state index in [1.54, 1.807) is 0 Å². The van der Waals surface area contributed by atoms with E-state index >= 15 is 0 Å². The zero-order valence-corrected chi connectivity index (χ0v) is 5.50. The number of hydrogen-bond donors (Lipinski definition) is 1. The van der Waals surface area contributed by atoms with Crippen molar-refractivity contribution in [3.63, 3.8) is 0 Å². The smallest absolute Gasteiger partial charge is 0.321 e. The summed E-state index contributed by atoms with van der Waals surface area (Å²) in [6, 6.07) is 1.51. The summed E-state index contributed by atoms with van der Waals surface area (Å²) in [5.74, 6) is -2.70. The summed E-state index contributed by atoms with van der Waals surface area (Å²) in [5.41, 5.74) is 0. The maximum atomic E-state index is 10.3. The highest BCUT2D eigenvalue weighted by molar-refractivity contribution is 5.83. The summed E-state index contributed by atoms with van der Waals surface area (Å²) >= 11 is 0. The summed E-state index contributed by atoms with van der Waals surface area (Å²) in [6.07, 6.45) is -0.203. The largest absolute Gasteiger partial charge is 0.480 e. The molecule has 0 spiro atoms. The molecule has 1 atom stereocenters. The fourth-order valence-corrected chi connectivity index (χ4v) is 0.476. The Morgan fingerprint density at radius 3 is 2.30 bits per heavy atom. The van der Waals surface area contributed by atoms with Gasteiger partial charge in [0.1, 0.15) is 5.78 Å². The molecule has 10 heavy (non-hydrogen) atoms. The van der Waals surface area contributed by atoms with Gasteiger partial charge in [0.05, 0.1) is 6.07 Å². The molecule has 1 unspecified atom stereocenters. The first-order valence-electron chi connectivity index (χ1n) is 2.69. The van der Waals surface area contributed by atoms with Crippen molar-refractivity contribution < 1.29 is 14.7 Å². The Labute approximate surface area is 58.1 Å². The average Bonchev–Trinajstić information content (AvgIpc) is 1.81. The molecule has 4 nitrogen and oxygen atoms in total. The van der Waals surface area contributed by atoms with Crippen LogP contribution in [0.1, 0.15) is 13.3 Å². The van der Waals surface area contributed by atoms with E-state index in [9.17, 15) is 9.59 Å². The van der Waals surface area contributed by atoms with Crippen LogP contribution in [0.3, 0.4) is 0 Å². The van der Waals surface area contributed by atoms with Gasteiger partial charge in [-0.3, -0.25) is 9.59 Å². The SMILES string of the molecule is CC(=O)CC(C#N)C(=O)O. The number of nitriles is 1. The van der Waals surface area contributed by atoms with E-state index in [1.807, 2.05) is 0 Å². The number of carboxylic acid groups (broad SMARTS) is 1. The zero-order valence-electron chi connectivity index (χ0n) is 5.50. The minimum absolute atomic E-state index is 0.203. The predicted molar refractivity (Wildman–Crippen MR) is 32.0 cm³/mol. The van der Waals surface area contributed by atoms with Crippen molar-refractivity contribution in [2.45, 2.75) is 13.3 Å². The minimum Gasteiger partial charge on any atom is -0.480 e. The van der Waals surface area contributed by atoms with Crippen molar-refractivity contribution in [2.24, 2.45) is 5.92 Å². The number of Topliss-reactive ketones (excluding diaryl/α,β-unsaturated/α-hetero) is 1. The van der Waals surface area contributed by atoms with Gasteiger partial charge < -0.3 is 5.11 Å². The molecule has 0 aromatic heterocycles. The maximum absolute atomic E-state index is 10.3. The molecule has 54 valence electrons. The second-order valence-electron chi connectivity index (χ2n) is 1.93. The fourth-order valence-electron chi connectivity index (χ4n) is 0.476. The Bertz CT molecular complexity index is 192. The third kappa shape index (κ3) is 2.82. The van der Waals surface area contributed by atoms with Gasteiger partial charge in [-0.2, -0.15) is 5.26 Å². The molecule has 0 aromatic rings. The molecule has 0 aliphatic rings. The van der Waals surface area contributed by atoms with Gasteiger partial charge in [-0.1, -0.05) is 0 Å². The fraction of sp³-hybridized carbons (Fsp3) is 0.500. The van der Waals surface area contributed by atoms with Crippen LogP contribution in [-0.2, 0) is 9.59 Å². The third-order valence-electron chi connectivity index (χ3n) is 0.946. The molecular weight excluding hydrogens is 134 g/mol. The highest BCUT2D eigenvalue weighted by atomic mass is 16.4. The summed E-state index contributed by atoms with van der Waals surface area (Å²) in [4.78, 5) is 20.4. The summed E-state index contributed by atoms with van der Waals surface area (Å²) in [5, 5.41) is 16.4. The topological polar surface area (TPSA) is 78.2 Å². The van der Waals surface area contributed by atoms with E-state index in [4.69, 9.17) is 10.4 Å². The molecular formula is C6H7NO3. The van der Waals surface area contributed by atoms with Crippen LogP contribution in [0, 0.1) is 17.2 Å². The lowest BCUT2D eigenvalue weighted by Crippen LogP contribution is -2.14. The van der Waals surface area contributed by atoms with Gasteiger partial charge >= 0.3 is 5.97 Å². The molecule has 0 radical (unpaired) electrons. The molecule has 0 bridgehead atoms. The van der Waals surface area contributed by atoms with Gasteiger partial charge in [0.2, 0.25) is 0 Å². The van der Waals surface area contributed by atoms with Crippen molar-refractivity contribution in [3.8, 4) is 6.07 Å². The van der Waals surface area contributed by atoms with E-state index in [0.29, 0.717) is 0 Å². The van der Waals surface area contributed by atoms with Crippen LogP contribution in [0.5, 0.6) is 0 Å². The standard InChI is InChI=1S/C6H7NO3/c1-4(8)2-5(3-7)6(9)10/h5H,2H2,1H3,(H,9,10). The lowest BCUT2D eigenvalue weighted by atomic mass is 10.1. The number of hydrogen-bond acceptors (Lipinski definition) is 3. The summed E-state index contributed by atoms with van der Waals surface area (Å²) in [6.45, 7) is 1.26. The molecule has 1 N–H and O–H groups in total. The summed E-state index contributed by atoms with van der Waals surface area (Å²) < 4.78 is 0. The van der Waals surface area contributed by atoms with E-state index in [2.05, 4.69) is 0 Å². The molecule has 0 fully saturated rings. The number of nitrogens with zero attached hydrogens (tertiary/aromatic N) is 1.